The number of aryl methyl sites for hydroxylation is 2. The van der Waals surface area contributed by atoms with E-state index in [1.807, 2.05) is 13.1 Å². The summed E-state index contributed by atoms with van der Waals surface area (Å²) in [5.74, 6) is 0. The predicted octanol–water partition coefficient (Wildman–Crippen LogP) is 2.44. The highest BCUT2D eigenvalue weighted by atomic mass is 32.1. The highest BCUT2D eigenvalue weighted by molar-refractivity contribution is 7.05. The maximum atomic E-state index is 4.47. The summed E-state index contributed by atoms with van der Waals surface area (Å²) >= 11 is 1.47. The lowest BCUT2D eigenvalue weighted by Crippen LogP contribution is -2.17. The zero-order valence-corrected chi connectivity index (χ0v) is 11.9. The molecule has 0 aromatic carbocycles. The van der Waals surface area contributed by atoms with Gasteiger partial charge < -0.3 is 0 Å². The number of pyridine rings is 1. The monoisotopic (exact) mass is 262 g/mol. The quantitative estimate of drug-likeness (QED) is 0.830. The third kappa shape index (κ3) is 3.34. The average molecular weight is 262 g/mol. The summed E-state index contributed by atoms with van der Waals surface area (Å²) < 4.78 is 3.95. The van der Waals surface area contributed by atoms with Crippen molar-refractivity contribution in [2.75, 3.05) is 7.05 Å². The molecule has 96 valence electrons. The first-order valence-electron chi connectivity index (χ1n) is 6.09. The molecule has 0 fully saturated rings. The third-order valence-corrected chi connectivity index (χ3v) is 3.69. The van der Waals surface area contributed by atoms with E-state index in [1.54, 1.807) is 0 Å². The fraction of sp³-hybridized carbons (Fsp3) is 0.462. The Balaban J connectivity index is 1.94. The van der Waals surface area contributed by atoms with E-state index in [2.05, 4.69) is 45.6 Å². The summed E-state index contributed by atoms with van der Waals surface area (Å²) in [6.07, 6.45) is 3.00. The van der Waals surface area contributed by atoms with Crippen LogP contribution >= 0.6 is 11.5 Å². The molecule has 0 aliphatic rings. The molecule has 0 radical (unpaired) electrons. The fourth-order valence-electron chi connectivity index (χ4n) is 1.73. The minimum Gasteiger partial charge on any atom is -0.295 e. The minimum atomic E-state index is 0.849. The van der Waals surface area contributed by atoms with Gasteiger partial charge in [0.1, 0.15) is 0 Å². The number of nitrogens with zero attached hydrogens (tertiary/aromatic N) is 4. The molecule has 0 atom stereocenters. The molecule has 2 rings (SSSR count). The summed E-state index contributed by atoms with van der Waals surface area (Å²) in [5, 5.41) is 4.03. The molecule has 0 saturated heterocycles. The second-order valence-electron chi connectivity index (χ2n) is 4.47. The van der Waals surface area contributed by atoms with Crippen LogP contribution in [-0.2, 0) is 19.5 Å². The second kappa shape index (κ2) is 6.02. The summed E-state index contributed by atoms with van der Waals surface area (Å²) in [4.78, 5) is 7.93. The van der Waals surface area contributed by atoms with Gasteiger partial charge >= 0.3 is 0 Å². The molecule has 0 spiro atoms. The molecule has 2 aromatic rings. The van der Waals surface area contributed by atoms with Crippen LogP contribution in [0.3, 0.4) is 0 Å². The molecule has 0 N–H and O–H groups in total. The zero-order valence-electron chi connectivity index (χ0n) is 11.1. The van der Waals surface area contributed by atoms with Crippen LogP contribution in [0, 0.1) is 6.92 Å². The smallest absolute Gasteiger partial charge is 0.0769 e. The fourth-order valence-corrected chi connectivity index (χ4v) is 2.44. The first-order valence-corrected chi connectivity index (χ1v) is 6.86. The van der Waals surface area contributed by atoms with Gasteiger partial charge in [-0.2, -0.15) is 0 Å². The van der Waals surface area contributed by atoms with E-state index in [0.717, 1.165) is 30.9 Å². The molecule has 18 heavy (non-hydrogen) atoms. The number of hydrogen-bond donors (Lipinski definition) is 0. The van der Waals surface area contributed by atoms with Crippen LogP contribution in [0.2, 0.25) is 0 Å². The van der Waals surface area contributed by atoms with Crippen LogP contribution in [0.1, 0.15) is 28.8 Å². The van der Waals surface area contributed by atoms with E-state index in [0.29, 0.717) is 0 Å². The lowest BCUT2D eigenvalue weighted by atomic mass is 10.2. The van der Waals surface area contributed by atoms with Gasteiger partial charge in [-0.15, -0.1) is 5.10 Å². The molecular weight excluding hydrogens is 244 g/mol. The Kier molecular flexibility index (Phi) is 4.38. The van der Waals surface area contributed by atoms with Crippen molar-refractivity contribution in [1.29, 1.82) is 0 Å². The Labute approximate surface area is 112 Å². The van der Waals surface area contributed by atoms with Crippen molar-refractivity contribution in [1.82, 2.24) is 19.5 Å². The first-order chi connectivity index (χ1) is 8.69. The van der Waals surface area contributed by atoms with Crippen molar-refractivity contribution in [3.63, 3.8) is 0 Å². The van der Waals surface area contributed by atoms with Gasteiger partial charge in [0.05, 0.1) is 16.3 Å². The van der Waals surface area contributed by atoms with Gasteiger partial charge in [0.2, 0.25) is 0 Å². The topological polar surface area (TPSA) is 41.9 Å². The van der Waals surface area contributed by atoms with E-state index in [4.69, 9.17) is 0 Å². The standard InChI is InChI=1S/C13H18N4S/c1-4-11-5-6-12(14-7-11)8-17(3)9-13-10(2)15-16-18-13/h5-7H,4,8-9H2,1-3H3. The van der Waals surface area contributed by atoms with Crippen LogP contribution in [0.5, 0.6) is 0 Å². The van der Waals surface area contributed by atoms with Crippen LogP contribution in [0.15, 0.2) is 18.3 Å². The van der Waals surface area contributed by atoms with Crippen LogP contribution in [-0.4, -0.2) is 26.5 Å². The molecular formula is C13H18N4S. The van der Waals surface area contributed by atoms with E-state index in [1.165, 1.54) is 22.0 Å². The van der Waals surface area contributed by atoms with E-state index in [-0.39, 0.29) is 0 Å². The normalized spacial score (nSPS) is 11.1. The lowest BCUT2D eigenvalue weighted by molar-refractivity contribution is 0.317. The second-order valence-corrected chi connectivity index (χ2v) is 5.30. The van der Waals surface area contributed by atoms with Crippen LogP contribution < -0.4 is 0 Å². The maximum Gasteiger partial charge on any atom is 0.0769 e. The predicted molar refractivity (Wildman–Crippen MR) is 73.4 cm³/mol. The zero-order chi connectivity index (χ0) is 13.0. The number of rotatable bonds is 5. The summed E-state index contributed by atoms with van der Waals surface area (Å²) in [6.45, 7) is 5.87. The van der Waals surface area contributed by atoms with Crippen molar-refractivity contribution >= 4 is 11.5 Å². The van der Waals surface area contributed by atoms with Gasteiger partial charge in [0.15, 0.2) is 0 Å². The number of aromatic nitrogens is 3. The molecule has 2 heterocycles. The molecule has 0 bridgehead atoms. The van der Waals surface area contributed by atoms with Crippen LogP contribution in [0.25, 0.3) is 0 Å². The Morgan fingerprint density at radius 2 is 2.11 bits per heavy atom. The Hall–Kier alpha value is -1.33. The van der Waals surface area contributed by atoms with Crippen molar-refractivity contribution in [3.05, 3.63) is 40.2 Å². The molecule has 5 heteroatoms. The molecule has 0 aliphatic heterocycles. The van der Waals surface area contributed by atoms with Gasteiger partial charge in [0.25, 0.3) is 0 Å². The highest BCUT2D eigenvalue weighted by Crippen LogP contribution is 2.13. The SMILES string of the molecule is CCc1ccc(CN(C)Cc2snnc2C)nc1. The molecule has 0 amide bonds. The third-order valence-electron chi connectivity index (χ3n) is 2.89. The van der Waals surface area contributed by atoms with Crippen molar-refractivity contribution in [3.8, 4) is 0 Å². The van der Waals surface area contributed by atoms with E-state index >= 15 is 0 Å². The van der Waals surface area contributed by atoms with Gasteiger partial charge in [-0.3, -0.25) is 9.88 Å². The molecule has 4 nitrogen and oxygen atoms in total. The van der Waals surface area contributed by atoms with E-state index in [9.17, 15) is 0 Å². The highest BCUT2D eigenvalue weighted by Gasteiger charge is 2.07. The van der Waals surface area contributed by atoms with Gasteiger partial charge in [0, 0.05) is 19.3 Å². The lowest BCUT2D eigenvalue weighted by Gasteiger charge is -2.15. The molecule has 2 aromatic heterocycles. The Bertz CT molecular complexity index is 492. The van der Waals surface area contributed by atoms with Gasteiger partial charge in [-0.05, 0) is 43.6 Å². The van der Waals surface area contributed by atoms with Gasteiger partial charge in [-0.25, -0.2) is 0 Å². The van der Waals surface area contributed by atoms with Crippen LogP contribution in [0.4, 0.5) is 0 Å². The molecule has 0 saturated carbocycles. The van der Waals surface area contributed by atoms with Gasteiger partial charge in [-0.1, -0.05) is 17.5 Å². The molecule has 0 unspecified atom stereocenters. The van der Waals surface area contributed by atoms with Crippen molar-refractivity contribution in [2.45, 2.75) is 33.4 Å². The maximum absolute atomic E-state index is 4.47. The Morgan fingerprint density at radius 1 is 1.28 bits per heavy atom. The molecule has 0 aliphatic carbocycles. The minimum absolute atomic E-state index is 0.849. The number of hydrogen-bond acceptors (Lipinski definition) is 5. The summed E-state index contributed by atoms with van der Waals surface area (Å²) in [7, 11) is 2.09. The van der Waals surface area contributed by atoms with E-state index < -0.39 is 0 Å². The first kappa shape index (κ1) is 13.1. The largest absolute Gasteiger partial charge is 0.295 e. The van der Waals surface area contributed by atoms with Crippen molar-refractivity contribution < 1.29 is 0 Å². The van der Waals surface area contributed by atoms with Crippen molar-refractivity contribution in [2.24, 2.45) is 0 Å². The average Bonchev–Trinajstić information content (AvgIpc) is 2.76. The summed E-state index contributed by atoms with van der Waals surface area (Å²) in [6, 6.07) is 4.25. The summed E-state index contributed by atoms with van der Waals surface area (Å²) in [5.41, 5.74) is 3.41. The Morgan fingerprint density at radius 3 is 2.67 bits per heavy atom.